The molecule has 1 saturated carbocycles. The molecule has 0 aliphatic heterocycles. The summed E-state index contributed by atoms with van der Waals surface area (Å²) in [6.45, 7) is 4.20. The Kier molecular flexibility index (Phi) is 4.03. The van der Waals surface area contributed by atoms with Crippen LogP contribution in [0.2, 0.25) is 0 Å². The number of nitrogens with zero attached hydrogens (tertiary/aromatic N) is 2. The highest BCUT2D eigenvalue weighted by Crippen LogP contribution is 2.67. The lowest BCUT2D eigenvalue weighted by molar-refractivity contribution is -0.131. The fourth-order valence-corrected chi connectivity index (χ4v) is 4.98. The SMILES string of the molecule is COCNC(=O)[C@@]12CC[C@@H](c3cc(-c4c(F)cccc4F)nnc31)C2(C)C. The number of fused-ring (bicyclic) bond motifs is 5. The number of rotatable bonds is 4. The van der Waals surface area contributed by atoms with Crippen molar-refractivity contribution in [3.63, 3.8) is 0 Å². The van der Waals surface area contributed by atoms with Crippen LogP contribution in [0.4, 0.5) is 8.78 Å². The van der Waals surface area contributed by atoms with Gasteiger partial charge in [0.2, 0.25) is 5.91 Å². The Hall–Kier alpha value is -2.41. The highest BCUT2D eigenvalue weighted by Gasteiger charge is 2.67. The maximum absolute atomic E-state index is 14.2. The lowest BCUT2D eigenvalue weighted by atomic mass is 9.68. The second kappa shape index (κ2) is 6.05. The summed E-state index contributed by atoms with van der Waals surface area (Å²) < 4.78 is 33.4. The van der Waals surface area contributed by atoms with Gasteiger partial charge in [0.05, 0.1) is 22.4 Å². The molecular weight excluding hydrogens is 352 g/mol. The third-order valence-electron chi connectivity index (χ3n) is 6.37. The Labute approximate surface area is 156 Å². The first-order valence-corrected chi connectivity index (χ1v) is 8.94. The number of carbonyl (C=O) groups is 1. The van der Waals surface area contributed by atoms with E-state index in [4.69, 9.17) is 4.74 Å². The molecule has 2 aliphatic carbocycles. The molecule has 2 bridgehead atoms. The standard InChI is InChI=1S/C20H21F2N3O2/c1-19(2)12-7-8-20(19,18(26)23-10-27-3)17-11(12)9-15(24-25-17)16-13(21)5-4-6-14(16)22/h4-6,9,12H,7-8,10H2,1-3H3,(H,23,26)/t12-,20+/m0/s1. The zero-order valence-corrected chi connectivity index (χ0v) is 15.5. The van der Waals surface area contributed by atoms with E-state index in [1.54, 1.807) is 6.07 Å². The summed E-state index contributed by atoms with van der Waals surface area (Å²) in [5, 5.41) is 11.2. The lowest BCUT2D eigenvalue weighted by Crippen LogP contribution is -2.50. The van der Waals surface area contributed by atoms with Crippen LogP contribution in [0.1, 0.15) is 43.9 Å². The van der Waals surface area contributed by atoms with Gasteiger partial charge >= 0.3 is 0 Å². The number of aromatic nitrogens is 2. The first-order valence-electron chi connectivity index (χ1n) is 8.94. The molecule has 2 aliphatic rings. The van der Waals surface area contributed by atoms with Crippen LogP contribution in [0.5, 0.6) is 0 Å². The zero-order chi connectivity index (χ0) is 19.4. The molecule has 0 radical (unpaired) electrons. The van der Waals surface area contributed by atoms with Crippen LogP contribution in [-0.4, -0.2) is 29.9 Å². The molecule has 2 atom stereocenters. The summed E-state index contributed by atoms with van der Waals surface area (Å²) in [6, 6.07) is 5.40. The molecule has 1 aromatic heterocycles. The zero-order valence-electron chi connectivity index (χ0n) is 15.5. The van der Waals surface area contributed by atoms with Gasteiger partial charge in [0.25, 0.3) is 0 Å². The van der Waals surface area contributed by atoms with Crippen molar-refractivity contribution >= 4 is 5.91 Å². The minimum Gasteiger partial charge on any atom is -0.364 e. The third-order valence-corrected chi connectivity index (χ3v) is 6.37. The minimum atomic E-state index is -0.815. The average molecular weight is 373 g/mol. The van der Waals surface area contributed by atoms with Gasteiger partial charge in [0.15, 0.2) is 0 Å². The first kappa shape index (κ1) is 18.0. The van der Waals surface area contributed by atoms with Gasteiger partial charge in [-0.2, -0.15) is 5.10 Å². The van der Waals surface area contributed by atoms with E-state index in [0.717, 1.165) is 12.0 Å². The van der Waals surface area contributed by atoms with Crippen LogP contribution in [0.15, 0.2) is 24.3 Å². The molecular formula is C20H21F2N3O2. The Morgan fingerprint density at radius 2 is 2.00 bits per heavy atom. The van der Waals surface area contributed by atoms with Gasteiger partial charge in [0, 0.05) is 7.11 Å². The van der Waals surface area contributed by atoms with Crippen molar-refractivity contribution in [3.05, 3.63) is 47.2 Å². The van der Waals surface area contributed by atoms with E-state index >= 15 is 0 Å². The molecule has 5 nitrogen and oxygen atoms in total. The number of halogens is 2. The smallest absolute Gasteiger partial charge is 0.234 e. The number of amides is 1. The molecule has 1 fully saturated rings. The van der Waals surface area contributed by atoms with Gasteiger partial charge < -0.3 is 10.1 Å². The van der Waals surface area contributed by atoms with E-state index in [1.165, 1.54) is 25.3 Å². The van der Waals surface area contributed by atoms with E-state index in [1.807, 2.05) is 13.8 Å². The summed E-state index contributed by atoms with van der Waals surface area (Å²) >= 11 is 0. The number of benzene rings is 1. The monoisotopic (exact) mass is 373 g/mol. The number of nitrogens with one attached hydrogen (secondary N) is 1. The number of methoxy groups -OCH3 is 1. The van der Waals surface area contributed by atoms with Crippen LogP contribution < -0.4 is 5.32 Å². The van der Waals surface area contributed by atoms with Crippen molar-refractivity contribution in [3.8, 4) is 11.3 Å². The molecule has 2 aromatic rings. The second-order valence-electron chi connectivity index (χ2n) is 7.79. The van der Waals surface area contributed by atoms with Crippen molar-refractivity contribution in [2.45, 2.75) is 38.0 Å². The number of hydrogen-bond donors (Lipinski definition) is 1. The fourth-order valence-electron chi connectivity index (χ4n) is 4.98. The highest BCUT2D eigenvalue weighted by molar-refractivity contribution is 5.91. The summed E-state index contributed by atoms with van der Waals surface area (Å²) in [6.07, 6.45) is 1.47. The van der Waals surface area contributed by atoms with Crippen molar-refractivity contribution in [1.82, 2.24) is 15.5 Å². The largest absolute Gasteiger partial charge is 0.364 e. The van der Waals surface area contributed by atoms with Gasteiger partial charge in [-0.25, -0.2) is 8.78 Å². The minimum absolute atomic E-state index is 0.0740. The highest BCUT2D eigenvalue weighted by atomic mass is 19.1. The van der Waals surface area contributed by atoms with E-state index in [0.29, 0.717) is 12.1 Å². The number of carbonyl (C=O) groups excluding carboxylic acids is 1. The molecule has 4 rings (SSSR count). The quantitative estimate of drug-likeness (QED) is 0.836. The molecule has 0 saturated heterocycles. The molecule has 1 amide bonds. The van der Waals surface area contributed by atoms with Crippen molar-refractivity contribution < 1.29 is 18.3 Å². The Morgan fingerprint density at radius 3 is 2.67 bits per heavy atom. The normalized spacial score (nSPS) is 24.7. The molecule has 0 spiro atoms. The van der Waals surface area contributed by atoms with Gasteiger partial charge in [-0.15, -0.1) is 5.10 Å². The maximum atomic E-state index is 14.2. The molecule has 27 heavy (non-hydrogen) atoms. The average Bonchev–Trinajstić information content (AvgIpc) is 3.01. The van der Waals surface area contributed by atoms with Crippen LogP contribution in [0.3, 0.4) is 0 Å². The topological polar surface area (TPSA) is 64.1 Å². The molecule has 0 unspecified atom stereocenters. The Morgan fingerprint density at radius 1 is 1.30 bits per heavy atom. The summed E-state index contributed by atoms with van der Waals surface area (Å²) in [5.74, 6) is -1.43. The predicted octanol–water partition coefficient (Wildman–Crippen LogP) is 3.30. The van der Waals surface area contributed by atoms with Gasteiger partial charge in [-0.1, -0.05) is 19.9 Å². The third kappa shape index (κ3) is 2.27. The molecule has 1 N–H and O–H groups in total. The van der Waals surface area contributed by atoms with Gasteiger partial charge in [0.1, 0.15) is 18.4 Å². The molecule has 1 heterocycles. The maximum Gasteiger partial charge on any atom is 0.234 e. The number of ether oxygens (including phenoxy) is 1. The van der Waals surface area contributed by atoms with E-state index < -0.39 is 17.0 Å². The summed E-state index contributed by atoms with van der Waals surface area (Å²) in [4.78, 5) is 13.0. The van der Waals surface area contributed by atoms with Gasteiger partial charge in [-0.05, 0) is 47.9 Å². The Balaban J connectivity index is 1.85. The van der Waals surface area contributed by atoms with E-state index in [9.17, 15) is 13.6 Å². The first-order chi connectivity index (χ1) is 12.8. The summed E-state index contributed by atoms with van der Waals surface area (Å²) in [7, 11) is 1.51. The van der Waals surface area contributed by atoms with Crippen LogP contribution in [0, 0.1) is 17.0 Å². The fraction of sp³-hybridized carbons (Fsp3) is 0.450. The van der Waals surface area contributed by atoms with Crippen molar-refractivity contribution in [2.75, 3.05) is 13.8 Å². The molecule has 7 heteroatoms. The predicted molar refractivity (Wildman–Crippen MR) is 94.8 cm³/mol. The second-order valence-corrected chi connectivity index (χ2v) is 7.79. The molecule has 1 aromatic carbocycles. The van der Waals surface area contributed by atoms with E-state index in [2.05, 4.69) is 15.5 Å². The van der Waals surface area contributed by atoms with Crippen molar-refractivity contribution in [1.29, 1.82) is 0 Å². The molecule has 142 valence electrons. The van der Waals surface area contributed by atoms with Crippen LogP contribution in [0.25, 0.3) is 11.3 Å². The lowest BCUT2D eigenvalue weighted by Gasteiger charge is -2.36. The van der Waals surface area contributed by atoms with Crippen molar-refractivity contribution in [2.24, 2.45) is 5.41 Å². The number of hydrogen-bond acceptors (Lipinski definition) is 4. The van der Waals surface area contributed by atoms with Gasteiger partial charge in [-0.3, -0.25) is 4.79 Å². The van der Waals surface area contributed by atoms with E-state index in [-0.39, 0.29) is 35.2 Å². The van der Waals surface area contributed by atoms with Crippen LogP contribution in [-0.2, 0) is 14.9 Å². The van der Waals surface area contributed by atoms with Crippen LogP contribution >= 0.6 is 0 Å². The summed E-state index contributed by atoms with van der Waals surface area (Å²) in [5.41, 5.74) is 0.231. The Bertz CT molecular complexity index is 911.